The van der Waals surface area contributed by atoms with Gasteiger partial charge in [-0.05, 0) is 57.9 Å². The summed E-state index contributed by atoms with van der Waals surface area (Å²) in [6, 6.07) is 11.2. The fourth-order valence-electron chi connectivity index (χ4n) is 5.90. The van der Waals surface area contributed by atoms with Crippen LogP contribution in [0.15, 0.2) is 68.0 Å². The fraction of sp³-hybridized carbons (Fsp3) is 0.406. The Labute approximate surface area is 251 Å². The molecule has 0 fully saturated rings. The third-order valence-electron chi connectivity index (χ3n) is 7.61. The van der Waals surface area contributed by atoms with Crippen molar-refractivity contribution in [3.63, 3.8) is 0 Å². The van der Waals surface area contributed by atoms with Gasteiger partial charge in [-0.25, -0.2) is 0 Å². The van der Waals surface area contributed by atoms with Crippen molar-refractivity contribution in [2.24, 2.45) is 10.8 Å². The lowest BCUT2D eigenvalue weighted by Gasteiger charge is -2.43. The number of benzene rings is 2. The number of carbonyl (C=O) groups is 3. The second kappa shape index (κ2) is 10.6. The molecule has 1 heterocycles. The number of rotatable bonds is 5. The van der Waals surface area contributed by atoms with E-state index in [4.69, 9.17) is 9.47 Å². The summed E-state index contributed by atoms with van der Waals surface area (Å²) in [4.78, 5) is 40.3. The zero-order valence-corrected chi connectivity index (χ0v) is 26.5. The summed E-state index contributed by atoms with van der Waals surface area (Å²) < 4.78 is 14.0. The first-order valence-electron chi connectivity index (χ1n) is 13.4. The Morgan fingerprint density at radius 3 is 2.02 bits per heavy atom. The molecule has 0 bridgehead atoms. The first kappa shape index (κ1) is 28.8. The summed E-state index contributed by atoms with van der Waals surface area (Å²) in [6.45, 7) is 9.97. The van der Waals surface area contributed by atoms with Crippen molar-refractivity contribution in [3.05, 3.63) is 79.1 Å². The Balaban J connectivity index is 1.57. The lowest BCUT2D eigenvalue weighted by molar-refractivity contribution is -0.121. The van der Waals surface area contributed by atoms with Crippen LogP contribution in [0, 0.1) is 17.8 Å². The monoisotopic (exact) mass is 669 g/mol. The largest absolute Gasteiger partial charge is 0.482 e. The second-order valence-electron chi connectivity index (χ2n) is 12.6. The van der Waals surface area contributed by atoms with Crippen LogP contribution in [0.25, 0.3) is 0 Å². The van der Waals surface area contributed by atoms with Crippen molar-refractivity contribution in [1.82, 2.24) is 0 Å². The van der Waals surface area contributed by atoms with Crippen LogP contribution in [0.1, 0.15) is 70.4 Å². The molecule has 5 rings (SSSR count). The molecule has 0 radical (unpaired) electrons. The minimum atomic E-state index is -0.644. The summed E-state index contributed by atoms with van der Waals surface area (Å²) in [6.07, 6.45) is 1.91. The number of hydrogen-bond acceptors (Lipinski definition) is 5. The number of Topliss-reactive ketones (excluding diaryl/α,β-unsaturated/α-hetero) is 2. The van der Waals surface area contributed by atoms with Crippen LogP contribution in [0.4, 0.5) is 5.69 Å². The summed E-state index contributed by atoms with van der Waals surface area (Å²) in [5.41, 5.74) is 2.95. The first-order valence-corrected chi connectivity index (χ1v) is 15.0. The minimum absolute atomic E-state index is 0.0282. The van der Waals surface area contributed by atoms with Crippen LogP contribution in [0.3, 0.4) is 0 Å². The van der Waals surface area contributed by atoms with Gasteiger partial charge >= 0.3 is 0 Å². The van der Waals surface area contributed by atoms with Gasteiger partial charge in [-0.2, -0.15) is 0 Å². The van der Waals surface area contributed by atoms with Gasteiger partial charge in [0.05, 0.1) is 10.4 Å². The highest BCUT2D eigenvalue weighted by Gasteiger charge is 2.48. The number of nitrogens with one attached hydrogen (secondary N) is 1. The first-order chi connectivity index (χ1) is 18.7. The van der Waals surface area contributed by atoms with E-state index in [1.165, 1.54) is 0 Å². The number of ketones is 2. The van der Waals surface area contributed by atoms with Gasteiger partial charge in [0.2, 0.25) is 0 Å². The predicted octanol–water partition coefficient (Wildman–Crippen LogP) is 7.94. The van der Waals surface area contributed by atoms with E-state index in [9.17, 15) is 14.4 Å². The average Bonchev–Trinajstić information content (AvgIpc) is 2.81. The summed E-state index contributed by atoms with van der Waals surface area (Å²) in [5, 5.41) is 2.86. The second-order valence-corrected chi connectivity index (χ2v) is 14.4. The third-order valence-corrected chi connectivity index (χ3v) is 8.66. The van der Waals surface area contributed by atoms with Gasteiger partial charge in [-0.3, -0.25) is 14.4 Å². The Bertz CT molecular complexity index is 1430. The summed E-state index contributed by atoms with van der Waals surface area (Å²) in [5.74, 6) is 0.670. The van der Waals surface area contributed by atoms with E-state index < -0.39 is 5.92 Å². The zero-order valence-electron chi connectivity index (χ0n) is 23.4. The van der Waals surface area contributed by atoms with Crippen LogP contribution in [-0.4, -0.2) is 24.1 Å². The Hall–Kier alpha value is -2.71. The maximum atomic E-state index is 13.7. The molecule has 0 spiro atoms. The summed E-state index contributed by atoms with van der Waals surface area (Å²) >= 11 is 7.20. The highest BCUT2D eigenvalue weighted by molar-refractivity contribution is 9.11. The molecule has 0 atom stereocenters. The van der Waals surface area contributed by atoms with Gasteiger partial charge in [-0.1, -0.05) is 61.3 Å². The normalized spacial score (nSPS) is 20.1. The molecule has 8 heteroatoms. The molecule has 210 valence electrons. The van der Waals surface area contributed by atoms with Gasteiger partial charge < -0.3 is 14.8 Å². The maximum Gasteiger partial charge on any atom is 0.262 e. The number of hydrogen-bond donors (Lipinski definition) is 1. The van der Waals surface area contributed by atoms with E-state index in [-0.39, 0.29) is 34.9 Å². The molecular weight excluding hydrogens is 638 g/mol. The van der Waals surface area contributed by atoms with E-state index in [2.05, 4.69) is 64.9 Å². The van der Waals surface area contributed by atoms with Crippen LogP contribution in [0.2, 0.25) is 0 Å². The molecule has 1 aliphatic heterocycles. The lowest BCUT2D eigenvalue weighted by atomic mass is 9.65. The number of allylic oxidation sites excluding steroid dienone is 4. The minimum Gasteiger partial charge on any atom is -0.482 e. The van der Waals surface area contributed by atoms with E-state index in [0.717, 1.165) is 10.0 Å². The van der Waals surface area contributed by atoms with Crippen LogP contribution < -0.4 is 10.1 Å². The molecule has 1 N–H and O–H groups in total. The molecule has 2 aromatic carbocycles. The van der Waals surface area contributed by atoms with Crippen LogP contribution >= 0.6 is 31.9 Å². The van der Waals surface area contributed by atoms with E-state index in [1.807, 2.05) is 43.3 Å². The maximum absolute atomic E-state index is 13.7. The molecule has 2 aromatic rings. The van der Waals surface area contributed by atoms with E-state index >= 15 is 0 Å². The van der Waals surface area contributed by atoms with Crippen molar-refractivity contribution >= 4 is 55.0 Å². The van der Waals surface area contributed by atoms with Gasteiger partial charge in [0.25, 0.3) is 5.91 Å². The fourth-order valence-corrected chi connectivity index (χ4v) is 7.28. The molecule has 6 nitrogen and oxygen atoms in total. The predicted molar refractivity (Wildman–Crippen MR) is 161 cm³/mol. The standard InChI is InChI=1S/C32H33Br2NO5/c1-17-6-8-19(9-7-17)35-26(38)16-39-30-20(10-18(33)11-21(30)34)27-28-22(36)12-31(2,3)14-24(28)40-25-15-32(4,5)13-23(37)29(25)27/h6-11,27H,12-16H2,1-5H3,(H,35,38). The zero-order chi connectivity index (χ0) is 29.0. The quantitative estimate of drug-likeness (QED) is 0.349. The van der Waals surface area contributed by atoms with Crippen molar-refractivity contribution in [1.29, 1.82) is 0 Å². The van der Waals surface area contributed by atoms with Crippen molar-refractivity contribution in [2.45, 2.75) is 66.2 Å². The molecule has 0 unspecified atom stereocenters. The van der Waals surface area contributed by atoms with Crippen LogP contribution in [-0.2, 0) is 19.1 Å². The average molecular weight is 671 g/mol. The SMILES string of the molecule is Cc1ccc(NC(=O)COc2c(Br)cc(Br)cc2C2C3=C(CC(C)(C)CC3=O)OC3=C2C(=O)CC(C)(C)C3)cc1. The Kier molecular flexibility index (Phi) is 7.64. The lowest BCUT2D eigenvalue weighted by Crippen LogP contribution is -2.37. The molecule has 0 saturated heterocycles. The highest BCUT2D eigenvalue weighted by Crippen LogP contribution is 2.55. The molecule has 2 aliphatic carbocycles. The van der Waals surface area contributed by atoms with Crippen LogP contribution in [0.5, 0.6) is 5.75 Å². The van der Waals surface area contributed by atoms with Gasteiger partial charge in [-0.15, -0.1) is 0 Å². The molecule has 40 heavy (non-hydrogen) atoms. The summed E-state index contributed by atoms with van der Waals surface area (Å²) in [7, 11) is 0. The number of carbonyl (C=O) groups excluding carboxylic acids is 3. The molecule has 3 aliphatic rings. The van der Waals surface area contributed by atoms with Crippen molar-refractivity contribution in [2.75, 3.05) is 11.9 Å². The Morgan fingerprint density at radius 1 is 0.925 bits per heavy atom. The van der Waals surface area contributed by atoms with Crippen molar-refractivity contribution < 1.29 is 23.9 Å². The number of anilines is 1. The van der Waals surface area contributed by atoms with Gasteiger partial charge in [0, 0.05) is 52.6 Å². The molecular formula is C32H33Br2NO5. The molecule has 0 saturated carbocycles. The van der Waals surface area contributed by atoms with Gasteiger partial charge in [0.15, 0.2) is 18.2 Å². The number of ether oxygens (including phenoxy) is 2. The number of halogens is 2. The highest BCUT2D eigenvalue weighted by atomic mass is 79.9. The Morgan fingerprint density at radius 2 is 1.48 bits per heavy atom. The van der Waals surface area contributed by atoms with Crippen molar-refractivity contribution in [3.8, 4) is 5.75 Å². The topological polar surface area (TPSA) is 81.7 Å². The number of amides is 1. The molecule has 0 aromatic heterocycles. The third kappa shape index (κ3) is 5.84. The number of aryl methyl sites for hydroxylation is 1. The van der Waals surface area contributed by atoms with Gasteiger partial charge in [0.1, 0.15) is 17.3 Å². The van der Waals surface area contributed by atoms with E-state index in [1.54, 1.807) is 0 Å². The smallest absolute Gasteiger partial charge is 0.262 e. The van der Waals surface area contributed by atoms with E-state index in [0.29, 0.717) is 69.8 Å². The molecule has 1 amide bonds.